The van der Waals surface area contributed by atoms with Gasteiger partial charge in [-0.2, -0.15) is 0 Å². The second-order valence-electron chi connectivity index (χ2n) is 0.519. The van der Waals surface area contributed by atoms with Crippen molar-refractivity contribution in [3.63, 3.8) is 0 Å². The van der Waals surface area contributed by atoms with E-state index in [4.69, 9.17) is 9.90 Å². The van der Waals surface area contributed by atoms with E-state index in [9.17, 15) is 0 Å². The Balaban J connectivity index is -0.00000000750. The molecule has 0 unspecified atom stereocenters. The molecule has 0 saturated carbocycles. The number of hydrogen-bond acceptors (Lipinski definition) is 2. The minimum Gasteiger partial charge on any atom is -1.00 e. The maximum absolute atomic E-state index is 9.00. The Bertz CT molecular complexity index is 43.0. The Hall–Kier alpha value is 0.720. The summed E-state index contributed by atoms with van der Waals surface area (Å²) in [5.41, 5.74) is 0. The number of carbonyl (C=O) groups is 1. The van der Waals surface area contributed by atoms with Crippen LogP contribution in [0.4, 0.5) is 0 Å². The van der Waals surface area contributed by atoms with E-state index in [-0.39, 0.29) is 49.5 Å². The van der Waals surface area contributed by atoms with Crippen molar-refractivity contribution in [3.8, 4) is 0 Å². The number of hydrogen-bond donors (Lipinski definition) is 2. The molecule has 0 rings (SSSR count). The molecule has 0 aliphatic rings. The summed E-state index contributed by atoms with van der Waals surface area (Å²) in [6.45, 7) is 1.08. The molecule has 0 aromatic heterocycles. The third kappa shape index (κ3) is 289. The Labute approximate surface area is 72.2 Å². The van der Waals surface area contributed by atoms with Crippen molar-refractivity contribution >= 4 is 18.4 Å². The number of aliphatic carboxylic acids is 1. The molecule has 0 bridgehead atoms. The standard InChI is InChI=1S/C2H4O2.ClH.H3N.Na.H/c1-2(3)4;;;;/h1H3,(H,3,4);1H;1H3;;/q;;;+1;-1. The zero-order chi connectivity index (χ0) is 3.58. The Morgan fingerprint density at radius 1 is 1.71 bits per heavy atom. The molecule has 0 heterocycles. The van der Waals surface area contributed by atoms with E-state index in [0.717, 1.165) is 6.92 Å². The predicted octanol–water partition coefficient (Wildman–Crippen LogP) is -2.21. The fourth-order valence-electron chi connectivity index (χ4n) is 0. The van der Waals surface area contributed by atoms with Crippen LogP contribution in [0, 0.1) is 0 Å². The van der Waals surface area contributed by atoms with E-state index in [1.807, 2.05) is 0 Å². The van der Waals surface area contributed by atoms with Crippen molar-refractivity contribution in [1.29, 1.82) is 0 Å². The van der Waals surface area contributed by atoms with Gasteiger partial charge in [-0.15, -0.1) is 12.4 Å². The molecule has 0 aliphatic carbocycles. The topological polar surface area (TPSA) is 72.3 Å². The summed E-state index contributed by atoms with van der Waals surface area (Å²) in [7, 11) is 0. The summed E-state index contributed by atoms with van der Waals surface area (Å²) >= 11 is 0. The minimum atomic E-state index is -0.833. The van der Waals surface area contributed by atoms with E-state index < -0.39 is 5.97 Å². The van der Waals surface area contributed by atoms with E-state index in [1.54, 1.807) is 0 Å². The molecule has 0 saturated heterocycles. The predicted molar refractivity (Wildman–Crippen MR) is 26.7 cm³/mol. The van der Waals surface area contributed by atoms with Crippen LogP contribution in [0.2, 0.25) is 0 Å². The first-order chi connectivity index (χ1) is 1.73. The molecule has 0 aromatic rings. The van der Waals surface area contributed by atoms with Gasteiger partial charge < -0.3 is 12.7 Å². The molecular formula is C2H9ClNNaO2. The monoisotopic (exact) mass is 137 g/mol. The maximum atomic E-state index is 9.00. The number of rotatable bonds is 0. The van der Waals surface area contributed by atoms with Gasteiger partial charge in [-0.1, -0.05) is 0 Å². The normalized spacial score (nSPS) is 3.57. The molecule has 0 radical (unpaired) electrons. The van der Waals surface area contributed by atoms with E-state index >= 15 is 0 Å². The second kappa shape index (κ2) is 15.9. The largest absolute Gasteiger partial charge is 1.00 e. The van der Waals surface area contributed by atoms with Gasteiger partial charge in [-0.3, -0.25) is 4.79 Å². The van der Waals surface area contributed by atoms with Gasteiger partial charge >= 0.3 is 29.6 Å². The molecule has 42 valence electrons. The first kappa shape index (κ1) is 25.2. The van der Waals surface area contributed by atoms with Gasteiger partial charge in [0.25, 0.3) is 5.97 Å². The van der Waals surface area contributed by atoms with Gasteiger partial charge in [-0.25, -0.2) is 0 Å². The average Bonchev–Trinajstić information content (AvgIpc) is 0.811. The van der Waals surface area contributed by atoms with Crippen molar-refractivity contribution < 1.29 is 40.9 Å². The van der Waals surface area contributed by atoms with Gasteiger partial charge in [-0.05, 0) is 0 Å². The zero-order valence-corrected chi connectivity index (χ0v) is 7.29. The van der Waals surface area contributed by atoms with Crippen molar-refractivity contribution in [2.45, 2.75) is 6.92 Å². The zero-order valence-electron chi connectivity index (χ0n) is 5.47. The fraction of sp³-hybridized carbons (Fsp3) is 0.500. The van der Waals surface area contributed by atoms with Gasteiger partial charge in [0.15, 0.2) is 0 Å². The molecule has 3 nitrogen and oxygen atoms in total. The van der Waals surface area contributed by atoms with Crippen LogP contribution in [0.25, 0.3) is 0 Å². The summed E-state index contributed by atoms with van der Waals surface area (Å²) < 4.78 is 0. The van der Waals surface area contributed by atoms with Crippen LogP contribution in [-0.4, -0.2) is 11.1 Å². The molecule has 7 heavy (non-hydrogen) atoms. The van der Waals surface area contributed by atoms with Gasteiger partial charge in [0, 0.05) is 6.92 Å². The summed E-state index contributed by atoms with van der Waals surface area (Å²) in [5.74, 6) is -0.833. The molecule has 0 fully saturated rings. The van der Waals surface area contributed by atoms with Crippen molar-refractivity contribution in [1.82, 2.24) is 6.15 Å². The molecule has 0 amide bonds. The smallest absolute Gasteiger partial charge is 1.00 e. The summed E-state index contributed by atoms with van der Waals surface area (Å²) in [5, 5.41) is 7.42. The van der Waals surface area contributed by atoms with Crippen LogP contribution in [0.5, 0.6) is 0 Å². The Morgan fingerprint density at radius 2 is 1.71 bits per heavy atom. The first-order valence-electron chi connectivity index (χ1n) is 0.928. The molecule has 5 heteroatoms. The van der Waals surface area contributed by atoms with Crippen molar-refractivity contribution in [3.05, 3.63) is 0 Å². The number of halogens is 1. The SMILES string of the molecule is CC(=O)O.Cl.N.[H-].[Na+]. The quantitative estimate of drug-likeness (QED) is 0.372. The van der Waals surface area contributed by atoms with Crippen LogP contribution in [-0.2, 0) is 4.79 Å². The van der Waals surface area contributed by atoms with Crippen LogP contribution in [0.1, 0.15) is 8.35 Å². The molecule has 0 spiro atoms. The molecule has 0 aromatic carbocycles. The molecule has 0 atom stereocenters. The van der Waals surface area contributed by atoms with Gasteiger partial charge in [0.05, 0.1) is 0 Å². The summed E-state index contributed by atoms with van der Waals surface area (Å²) in [6, 6.07) is 0. The summed E-state index contributed by atoms with van der Waals surface area (Å²) in [6.07, 6.45) is 0. The maximum Gasteiger partial charge on any atom is 1.00 e. The van der Waals surface area contributed by atoms with Crippen LogP contribution in [0.15, 0.2) is 0 Å². The van der Waals surface area contributed by atoms with E-state index in [2.05, 4.69) is 0 Å². The third-order valence-electron chi connectivity index (χ3n) is 0. The second-order valence-corrected chi connectivity index (χ2v) is 0.519. The van der Waals surface area contributed by atoms with Crippen LogP contribution >= 0.6 is 12.4 Å². The molecular weight excluding hydrogens is 128 g/mol. The van der Waals surface area contributed by atoms with Crippen LogP contribution in [0.3, 0.4) is 0 Å². The van der Waals surface area contributed by atoms with Gasteiger partial charge in [0.1, 0.15) is 0 Å². The summed E-state index contributed by atoms with van der Waals surface area (Å²) in [4.78, 5) is 9.00. The first-order valence-corrected chi connectivity index (χ1v) is 0.928. The molecule has 4 N–H and O–H groups in total. The third-order valence-corrected chi connectivity index (χ3v) is 0. The Morgan fingerprint density at radius 3 is 1.71 bits per heavy atom. The number of carboxylic acids is 1. The number of carboxylic acid groups (broad SMARTS) is 1. The van der Waals surface area contributed by atoms with Crippen molar-refractivity contribution in [2.24, 2.45) is 0 Å². The molecule has 0 aliphatic heterocycles. The fourth-order valence-corrected chi connectivity index (χ4v) is 0. The van der Waals surface area contributed by atoms with E-state index in [1.165, 1.54) is 0 Å². The van der Waals surface area contributed by atoms with Gasteiger partial charge in [0.2, 0.25) is 0 Å². The minimum absolute atomic E-state index is 0. The Kier molecular flexibility index (Phi) is 57.2. The van der Waals surface area contributed by atoms with Crippen molar-refractivity contribution in [2.75, 3.05) is 0 Å². The van der Waals surface area contributed by atoms with Crippen LogP contribution < -0.4 is 35.7 Å². The average molecular weight is 138 g/mol. The van der Waals surface area contributed by atoms with E-state index in [0.29, 0.717) is 0 Å².